The van der Waals surface area contributed by atoms with Gasteiger partial charge in [-0.25, -0.2) is 4.79 Å². The molecule has 1 atom stereocenters. The summed E-state index contributed by atoms with van der Waals surface area (Å²) in [6, 6.07) is -1.34. The van der Waals surface area contributed by atoms with Crippen LogP contribution in [0.15, 0.2) is 0 Å². The van der Waals surface area contributed by atoms with Crippen LogP contribution in [0.2, 0.25) is 0 Å². The van der Waals surface area contributed by atoms with E-state index < -0.39 is 30.3 Å². The average molecular weight is 310 g/mol. The van der Waals surface area contributed by atoms with Crippen molar-refractivity contribution in [2.45, 2.75) is 70.8 Å². The molecule has 0 aromatic carbocycles. The molecule has 0 saturated heterocycles. The van der Waals surface area contributed by atoms with Gasteiger partial charge in [-0.15, -0.1) is 0 Å². The quantitative estimate of drug-likeness (QED) is 0.323. The summed E-state index contributed by atoms with van der Waals surface area (Å²) < 4.78 is 0. The Labute approximate surface area is 148 Å². The smallest absolute Gasteiger partial charge is 0.481 e. The van der Waals surface area contributed by atoms with Gasteiger partial charge in [-0.2, -0.15) is 0 Å². The van der Waals surface area contributed by atoms with E-state index in [0.717, 1.165) is 19.3 Å². The number of carboxylic acids is 2. The van der Waals surface area contributed by atoms with Gasteiger partial charge in [0.15, 0.2) is 0 Å². The van der Waals surface area contributed by atoms with Crippen LogP contribution in [0.5, 0.6) is 0 Å². The summed E-state index contributed by atoms with van der Waals surface area (Å²) in [6.07, 6.45) is 7.17. The van der Waals surface area contributed by atoms with Crippen LogP contribution in [0.3, 0.4) is 0 Å². The fraction of sp³-hybridized carbons (Fsp3) is 0.786. The third kappa shape index (κ3) is 14.1. The summed E-state index contributed by atoms with van der Waals surface area (Å²) in [5.74, 6) is -2.96. The van der Waals surface area contributed by atoms with E-state index in [9.17, 15) is 14.4 Å². The number of nitrogens with one attached hydrogen (secondary N) is 1. The van der Waals surface area contributed by atoms with E-state index in [2.05, 4.69) is 12.2 Å². The Balaban J connectivity index is 0. The minimum atomic E-state index is -1.34. The number of hydrogen-bond donors (Lipinski definition) is 3. The molecule has 0 aliphatic heterocycles. The van der Waals surface area contributed by atoms with Crippen LogP contribution in [-0.2, 0) is 14.4 Å². The molecule has 0 rings (SSSR count). The maximum atomic E-state index is 11.5. The second kappa shape index (κ2) is 14.4. The van der Waals surface area contributed by atoms with E-state index in [-0.39, 0.29) is 36.0 Å². The number of carbonyl (C=O) groups is 3. The molecule has 1 amide bonds. The van der Waals surface area contributed by atoms with Crippen LogP contribution in [-0.4, -0.2) is 34.1 Å². The van der Waals surface area contributed by atoms with Crippen molar-refractivity contribution in [3.8, 4) is 0 Å². The van der Waals surface area contributed by atoms with E-state index in [1.807, 2.05) is 0 Å². The van der Waals surface area contributed by atoms with E-state index in [4.69, 9.17) is 10.2 Å². The normalized spacial score (nSPS) is 11.3. The van der Waals surface area contributed by atoms with Crippen LogP contribution >= 0.6 is 0 Å². The Morgan fingerprint density at radius 2 is 1.48 bits per heavy atom. The molecule has 0 heterocycles. The van der Waals surface area contributed by atoms with Crippen molar-refractivity contribution < 1.29 is 54.2 Å². The van der Waals surface area contributed by atoms with Crippen LogP contribution < -0.4 is 34.9 Å². The fourth-order valence-corrected chi connectivity index (χ4v) is 1.88. The maximum Gasteiger partial charge on any atom is 1.00 e. The topological polar surface area (TPSA) is 104 Å². The van der Waals surface area contributed by atoms with Crippen molar-refractivity contribution >= 4 is 17.8 Å². The van der Waals surface area contributed by atoms with E-state index in [1.54, 1.807) is 0 Å². The first-order valence-corrected chi connectivity index (χ1v) is 7.21. The molecule has 6 nitrogen and oxygen atoms in total. The molecule has 0 aromatic rings. The largest absolute Gasteiger partial charge is 1.00 e. The Kier molecular flexibility index (Phi) is 15.5. The van der Waals surface area contributed by atoms with Gasteiger partial charge in [-0.05, 0) is 6.42 Å². The Hall–Kier alpha value is -0.590. The fourth-order valence-electron chi connectivity index (χ4n) is 1.88. The van der Waals surface area contributed by atoms with E-state index in [1.165, 1.54) is 19.3 Å². The summed E-state index contributed by atoms with van der Waals surface area (Å²) in [5.41, 5.74) is 0. The third-order valence-corrected chi connectivity index (χ3v) is 3.02. The zero-order valence-corrected chi connectivity index (χ0v) is 15.1. The molecular formula is C14H25NNaO5+. The molecule has 0 fully saturated rings. The molecule has 7 heteroatoms. The number of hydrogen-bond acceptors (Lipinski definition) is 3. The van der Waals surface area contributed by atoms with Gasteiger partial charge >= 0.3 is 41.5 Å². The zero-order valence-electron chi connectivity index (χ0n) is 13.1. The predicted octanol–water partition coefficient (Wildman–Crippen LogP) is -0.825. The van der Waals surface area contributed by atoms with E-state index >= 15 is 0 Å². The van der Waals surface area contributed by atoms with Gasteiger partial charge in [0.1, 0.15) is 6.04 Å². The number of aliphatic carboxylic acids is 2. The molecule has 0 aliphatic rings. The van der Waals surface area contributed by atoms with Crippen molar-refractivity contribution in [1.82, 2.24) is 5.32 Å². The first kappa shape index (κ1) is 22.7. The molecule has 3 N–H and O–H groups in total. The average Bonchev–Trinajstić information content (AvgIpc) is 2.36. The Morgan fingerprint density at radius 1 is 0.952 bits per heavy atom. The first-order valence-electron chi connectivity index (χ1n) is 7.21. The van der Waals surface area contributed by atoms with Gasteiger partial charge < -0.3 is 15.5 Å². The second-order valence-electron chi connectivity index (χ2n) is 4.93. The molecular weight excluding hydrogens is 285 g/mol. The van der Waals surface area contributed by atoms with Crippen LogP contribution in [0.4, 0.5) is 0 Å². The van der Waals surface area contributed by atoms with Crippen molar-refractivity contribution in [2.24, 2.45) is 0 Å². The molecule has 0 bridgehead atoms. The van der Waals surface area contributed by atoms with Crippen molar-refractivity contribution in [3.63, 3.8) is 0 Å². The molecule has 0 radical (unpaired) electrons. The Bertz CT molecular complexity index is 322. The summed E-state index contributed by atoms with van der Waals surface area (Å²) >= 11 is 0. The standard InChI is InChI=1S/C14H25NO5.Na/c1-2-3-4-5-6-7-8-9-12(16)15-11(14(19)20)10-13(17)18;/h11H,2-10H2,1H3,(H,15,16)(H,17,18)(H,19,20);/q;+1. The van der Waals surface area contributed by atoms with Crippen molar-refractivity contribution in [2.75, 3.05) is 0 Å². The number of amides is 1. The summed E-state index contributed by atoms with van der Waals surface area (Å²) in [5, 5.41) is 19.6. The van der Waals surface area contributed by atoms with Crippen LogP contribution in [0.25, 0.3) is 0 Å². The maximum absolute atomic E-state index is 11.5. The first-order chi connectivity index (χ1) is 9.47. The van der Waals surface area contributed by atoms with Crippen molar-refractivity contribution in [1.29, 1.82) is 0 Å². The van der Waals surface area contributed by atoms with E-state index in [0.29, 0.717) is 6.42 Å². The predicted molar refractivity (Wildman–Crippen MR) is 74.4 cm³/mol. The van der Waals surface area contributed by atoms with Gasteiger partial charge in [0, 0.05) is 6.42 Å². The molecule has 0 saturated carbocycles. The minimum Gasteiger partial charge on any atom is -0.481 e. The van der Waals surface area contributed by atoms with Crippen LogP contribution in [0, 0.1) is 0 Å². The second-order valence-corrected chi connectivity index (χ2v) is 4.93. The van der Waals surface area contributed by atoms with Crippen LogP contribution in [0.1, 0.15) is 64.7 Å². The SMILES string of the molecule is CCCCCCCCCC(=O)NC(CC(=O)O)C(=O)O.[Na+]. The van der Waals surface area contributed by atoms with Gasteiger partial charge in [0.05, 0.1) is 6.42 Å². The molecule has 0 aliphatic carbocycles. The molecule has 21 heavy (non-hydrogen) atoms. The summed E-state index contributed by atoms with van der Waals surface area (Å²) in [7, 11) is 0. The molecule has 0 spiro atoms. The number of carbonyl (C=O) groups excluding carboxylic acids is 1. The number of rotatable bonds is 12. The zero-order chi connectivity index (χ0) is 15.4. The molecule has 116 valence electrons. The summed E-state index contributed by atoms with van der Waals surface area (Å²) in [6.45, 7) is 2.15. The minimum absolute atomic E-state index is 0. The van der Waals surface area contributed by atoms with Gasteiger partial charge in [-0.3, -0.25) is 9.59 Å². The van der Waals surface area contributed by atoms with Gasteiger partial charge in [0.2, 0.25) is 5.91 Å². The molecule has 1 unspecified atom stereocenters. The van der Waals surface area contributed by atoms with Crippen molar-refractivity contribution in [3.05, 3.63) is 0 Å². The number of unbranched alkanes of at least 4 members (excludes halogenated alkanes) is 6. The monoisotopic (exact) mass is 310 g/mol. The number of carboxylic acid groups (broad SMARTS) is 2. The Morgan fingerprint density at radius 3 is 1.95 bits per heavy atom. The summed E-state index contributed by atoms with van der Waals surface area (Å²) in [4.78, 5) is 32.7. The molecule has 0 aromatic heterocycles. The van der Waals surface area contributed by atoms with Gasteiger partial charge in [0.25, 0.3) is 0 Å². The third-order valence-electron chi connectivity index (χ3n) is 3.02. The van der Waals surface area contributed by atoms with Gasteiger partial charge in [-0.1, -0.05) is 45.4 Å².